The lowest BCUT2D eigenvalue weighted by Crippen LogP contribution is -2.28. The van der Waals surface area contributed by atoms with Gasteiger partial charge < -0.3 is 15.4 Å². The van der Waals surface area contributed by atoms with Gasteiger partial charge in [0, 0.05) is 12.1 Å². The van der Waals surface area contributed by atoms with Crippen LogP contribution in [0.4, 0.5) is 18.9 Å². The molecule has 0 bridgehead atoms. The molecule has 0 heterocycles. The van der Waals surface area contributed by atoms with E-state index in [4.69, 9.17) is 4.74 Å². The second kappa shape index (κ2) is 8.18. The van der Waals surface area contributed by atoms with E-state index in [0.29, 0.717) is 17.4 Å². The Morgan fingerprint density at radius 3 is 2.44 bits per heavy atom. The summed E-state index contributed by atoms with van der Waals surface area (Å²) in [7, 11) is 1.49. The third kappa shape index (κ3) is 4.72. The third-order valence-corrected chi connectivity index (χ3v) is 3.30. The fourth-order valence-corrected chi connectivity index (χ4v) is 2.07. The van der Waals surface area contributed by atoms with E-state index in [0.717, 1.165) is 6.07 Å². The lowest BCUT2D eigenvalue weighted by molar-refractivity contribution is -0.126. The van der Waals surface area contributed by atoms with Gasteiger partial charge in [-0.2, -0.15) is 0 Å². The molecule has 0 unspecified atom stereocenters. The van der Waals surface area contributed by atoms with Gasteiger partial charge in [-0.25, -0.2) is 13.2 Å². The molecular weight excluding hydrogens is 337 g/mol. The first kappa shape index (κ1) is 18.3. The van der Waals surface area contributed by atoms with Crippen molar-refractivity contribution < 1.29 is 27.5 Å². The molecule has 0 aliphatic heterocycles. The fourth-order valence-electron chi connectivity index (χ4n) is 2.07. The number of anilines is 1. The lowest BCUT2D eigenvalue weighted by Gasteiger charge is -2.10. The Hall–Kier alpha value is -3.03. The van der Waals surface area contributed by atoms with Crippen LogP contribution in [0.1, 0.15) is 12.0 Å². The van der Waals surface area contributed by atoms with Crippen molar-refractivity contribution in [3.05, 3.63) is 59.4 Å². The Labute approximate surface area is 141 Å². The Balaban J connectivity index is 1.90. The number of para-hydroxylation sites is 1. The van der Waals surface area contributed by atoms with E-state index in [9.17, 15) is 22.8 Å². The van der Waals surface area contributed by atoms with Gasteiger partial charge in [-0.15, -0.1) is 0 Å². The summed E-state index contributed by atoms with van der Waals surface area (Å²) in [5.74, 6) is -5.49. The van der Waals surface area contributed by atoms with Crippen LogP contribution in [0.3, 0.4) is 0 Å². The van der Waals surface area contributed by atoms with Crippen LogP contribution < -0.4 is 15.4 Å². The fraction of sp³-hybridized carbons (Fsp3) is 0.176. The lowest BCUT2D eigenvalue weighted by atomic mass is 10.2. The van der Waals surface area contributed by atoms with Crippen molar-refractivity contribution in [3.63, 3.8) is 0 Å². The van der Waals surface area contributed by atoms with Crippen molar-refractivity contribution in [1.82, 2.24) is 5.32 Å². The first-order valence-corrected chi connectivity index (χ1v) is 7.24. The summed E-state index contributed by atoms with van der Waals surface area (Å²) in [6, 6.07) is 8.56. The Kier molecular flexibility index (Phi) is 5.99. The van der Waals surface area contributed by atoms with Crippen LogP contribution in [0.5, 0.6) is 5.75 Å². The minimum atomic E-state index is -1.70. The van der Waals surface area contributed by atoms with Crippen molar-refractivity contribution in [3.8, 4) is 5.75 Å². The molecule has 2 N–H and O–H groups in total. The van der Waals surface area contributed by atoms with Gasteiger partial charge in [-0.1, -0.05) is 18.2 Å². The number of halogens is 3. The molecule has 5 nitrogen and oxygen atoms in total. The van der Waals surface area contributed by atoms with Crippen LogP contribution in [-0.2, 0) is 16.1 Å². The summed E-state index contributed by atoms with van der Waals surface area (Å²) in [4.78, 5) is 23.5. The number of benzene rings is 2. The molecule has 0 aliphatic rings. The monoisotopic (exact) mass is 352 g/mol. The molecule has 0 saturated heterocycles. The van der Waals surface area contributed by atoms with Gasteiger partial charge in [0.25, 0.3) is 0 Å². The highest BCUT2D eigenvalue weighted by Gasteiger charge is 2.17. The maximum Gasteiger partial charge on any atom is 0.233 e. The van der Waals surface area contributed by atoms with Crippen LogP contribution >= 0.6 is 0 Å². The standard InChI is InChI=1S/C17H15F3N2O3/c1-25-13-5-3-2-4-10(13)9-21-14(23)8-15(24)22-12-7-6-11(18)16(19)17(12)20/h2-7H,8-9H2,1H3,(H,21,23)(H,22,24). The highest BCUT2D eigenvalue weighted by Crippen LogP contribution is 2.20. The third-order valence-electron chi connectivity index (χ3n) is 3.30. The number of rotatable bonds is 6. The first-order chi connectivity index (χ1) is 11.9. The number of methoxy groups -OCH3 is 1. The number of amides is 2. The number of hydrogen-bond acceptors (Lipinski definition) is 3. The van der Waals surface area contributed by atoms with E-state index in [1.165, 1.54) is 7.11 Å². The molecule has 0 radical (unpaired) electrons. The number of ether oxygens (including phenoxy) is 1. The Morgan fingerprint density at radius 2 is 1.72 bits per heavy atom. The first-order valence-electron chi connectivity index (χ1n) is 7.24. The SMILES string of the molecule is COc1ccccc1CNC(=O)CC(=O)Nc1ccc(F)c(F)c1F. The Bertz CT molecular complexity index is 797. The topological polar surface area (TPSA) is 67.4 Å². The van der Waals surface area contributed by atoms with E-state index >= 15 is 0 Å². The molecule has 132 valence electrons. The number of carbonyl (C=O) groups excluding carboxylic acids is 2. The van der Waals surface area contributed by atoms with Crippen LogP contribution in [0.2, 0.25) is 0 Å². The van der Waals surface area contributed by atoms with Crippen LogP contribution in [0.15, 0.2) is 36.4 Å². The van der Waals surface area contributed by atoms with E-state index in [1.54, 1.807) is 24.3 Å². The molecular formula is C17H15F3N2O3. The second-order valence-electron chi connectivity index (χ2n) is 5.04. The minimum Gasteiger partial charge on any atom is -0.496 e. The number of hydrogen-bond donors (Lipinski definition) is 2. The summed E-state index contributed by atoms with van der Waals surface area (Å²) in [6.45, 7) is 0.135. The molecule has 0 aromatic heterocycles. The maximum atomic E-state index is 13.5. The largest absolute Gasteiger partial charge is 0.496 e. The van der Waals surface area contributed by atoms with E-state index in [-0.39, 0.29) is 6.54 Å². The van der Waals surface area contributed by atoms with Gasteiger partial charge in [0.05, 0.1) is 12.8 Å². The normalized spacial score (nSPS) is 10.2. The molecule has 0 atom stereocenters. The summed E-state index contributed by atoms with van der Waals surface area (Å²) >= 11 is 0. The highest BCUT2D eigenvalue weighted by molar-refractivity contribution is 6.03. The van der Waals surface area contributed by atoms with Gasteiger partial charge in [0.1, 0.15) is 12.2 Å². The zero-order chi connectivity index (χ0) is 18.4. The molecule has 2 aromatic carbocycles. The van der Waals surface area contributed by atoms with Crippen molar-refractivity contribution in [2.45, 2.75) is 13.0 Å². The summed E-state index contributed by atoms with van der Waals surface area (Å²) in [5.41, 5.74) is 0.173. The summed E-state index contributed by atoms with van der Waals surface area (Å²) in [6.07, 6.45) is -0.604. The molecule has 8 heteroatoms. The predicted molar refractivity (Wildman–Crippen MR) is 84.4 cm³/mol. The minimum absolute atomic E-state index is 0.135. The van der Waals surface area contributed by atoms with Crippen LogP contribution in [-0.4, -0.2) is 18.9 Å². The molecule has 0 fully saturated rings. The zero-order valence-corrected chi connectivity index (χ0v) is 13.2. The average molecular weight is 352 g/mol. The number of carbonyl (C=O) groups is 2. The van der Waals surface area contributed by atoms with Gasteiger partial charge in [0.2, 0.25) is 11.8 Å². The van der Waals surface area contributed by atoms with E-state index in [2.05, 4.69) is 5.32 Å². The zero-order valence-electron chi connectivity index (χ0n) is 13.2. The summed E-state index contributed by atoms with van der Waals surface area (Å²) < 4.78 is 44.5. The highest BCUT2D eigenvalue weighted by atomic mass is 19.2. The number of nitrogens with one attached hydrogen (secondary N) is 2. The average Bonchev–Trinajstić information content (AvgIpc) is 2.60. The maximum absolute atomic E-state index is 13.5. The van der Waals surface area contributed by atoms with Crippen molar-refractivity contribution in [2.24, 2.45) is 0 Å². The van der Waals surface area contributed by atoms with Gasteiger partial charge >= 0.3 is 0 Å². The molecule has 2 amide bonds. The smallest absolute Gasteiger partial charge is 0.233 e. The van der Waals surface area contributed by atoms with E-state index in [1.807, 2.05) is 5.32 Å². The van der Waals surface area contributed by atoms with Gasteiger partial charge in [0.15, 0.2) is 17.5 Å². The second-order valence-corrected chi connectivity index (χ2v) is 5.04. The van der Waals surface area contributed by atoms with E-state index < -0.39 is 41.4 Å². The van der Waals surface area contributed by atoms with Crippen molar-refractivity contribution in [1.29, 1.82) is 0 Å². The quantitative estimate of drug-likeness (QED) is 0.621. The van der Waals surface area contributed by atoms with Crippen molar-refractivity contribution in [2.75, 3.05) is 12.4 Å². The van der Waals surface area contributed by atoms with Crippen LogP contribution in [0, 0.1) is 17.5 Å². The Morgan fingerprint density at radius 1 is 1.00 bits per heavy atom. The summed E-state index contributed by atoms with van der Waals surface area (Å²) in [5, 5.41) is 4.54. The molecule has 2 rings (SSSR count). The molecule has 2 aromatic rings. The predicted octanol–water partition coefficient (Wildman–Crippen LogP) is 2.76. The van der Waals surface area contributed by atoms with Gasteiger partial charge in [-0.05, 0) is 18.2 Å². The molecule has 25 heavy (non-hydrogen) atoms. The molecule has 0 aliphatic carbocycles. The van der Waals surface area contributed by atoms with Crippen LogP contribution in [0.25, 0.3) is 0 Å². The van der Waals surface area contributed by atoms with Crippen molar-refractivity contribution >= 4 is 17.5 Å². The molecule has 0 saturated carbocycles. The molecule has 0 spiro atoms. The van der Waals surface area contributed by atoms with Gasteiger partial charge in [-0.3, -0.25) is 9.59 Å².